The minimum atomic E-state index is -3.55. The molecule has 0 aliphatic carbocycles. The maximum Gasteiger partial charge on any atom is 0.253 e. The molecule has 1 aliphatic heterocycles. The van der Waals surface area contributed by atoms with Gasteiger partial charge in [-0.15, -0.1) is 0 Å². The van der Waals surface area contributed by atoms with Crippen molar-refractivity contribution in [2.45, 2.75) is 31.3 Å². The lowest BCUT2D eigenvalue weighted by atomic mass is 10.2. The zero-order valence-electron chi connectivity index (χ0n) is 17.2. The van der Waals surface area contributed by atoms with Gasteiger partial charge in [0.15, 0.2) is 0 Å². The van der Waals surface area contributed by atoms with Gasteiger partial charge in [-0.25, -0.2) is 8.42 Å². The van der Waals surface area contributed by atoms with Crippen molar-refractivity contribution in [1.82, 2.24) is 19.1 Å². The minimum absolute atomic E-state index is 0.0661. The van der Waals surface area contributed by atoms with Crippen molar-refractivity contribution in [3.63, 3.8) is 0 Å². The van der Waals surface area contributed by atoms with Crippen LogP contribution < -0.4 is 0 Å². The molecule has 2 aromatic rings. The number of carbonyl (C=O) groups excluding carboxylic acids is 1. The van der Waals surface area contributed by atoms with Gasteiger partial charge in [-0.3, -0.25) is 14.7 Å². The van der Waals surface area contributed by atoms with Crippen LogP contribution in [0, 0.1) is 0 Å². The predicted molar refractivity (Wildman–Crippen MR) is 112 cm³/mol. The highest BCUT2D eigenvalue weighted by molar-refractivity contribution is 7.89. The van der Waals surface area contributed by atoms with E-state index in [4.69, 9.17) is 0 Å². The molecule has 0 N–H and O–H groups in total. The lowest BCUT2D eigenvalue weighted by molar-refractivity contribution is 0.0627. The normalized spacial score (nSPS) is 15.8. The number of sulfonamides is 1. The topological polar surface area (TPSA) is 73.8 Å². The molecule has 0 saturated carbocycles. The fourth-order valence-corrected chi connectivity index (χ4v) is 4.59. The third-order valence-electron chi connectivity index (χ3n) is 5.28. The second-order valence-corrected chi connectivity index (χ2v) is 9.53. The number of hydrogen-bond donors (Lipinski definition) is 0. The van der Waals surface area contributed by atoms with Gasteiger partial charge in [-0.1, -0.05) is 6.07 Å². The number of aromatic nitrogens is 1. The van der Waals surface area contributed by atoms with Crippen LogP contribution in [0.4, 0.5) is 0 Å². The van der Waals surface area contributed by atoms with Crippen LogP contribution in [0.2, 0.25) is 0 Å². The summed E-state index contributed by atoms with van der Waals surface area (Å²) in [6.45, 7) is 7.27. The third kappa shape index (κ3) is 5.01. The van der Waals surface area contributed by atoms with E-state index in [0.717, 1.165) is 25.3 Å². The Balaban J connectivity index is 1.60. The summed E-state index contributed by atoms with van der Waals surface area (Å²) in [5.41, 5.74) is 1.53. The SMILES string of the molecule is CC(C)N(C)S(=O)(=O)c1ccc(C(=O)N2CCN(Cc3ccccn3)CC2)cc1. The summed E-state index contributed by atoms with van der Waals surface area (Å²) in [4.78, 5) is 21.5. The maximum absolute atomic E-state index is 12.8. The zero-order valence-corrected chi connectivity index (χ0v) is 18.0. The number of pyridine rings is 1. The molecule has 7 nitrogen and oxygen atoms in total. The van der Waals surface area contributed by atoms with Gasteiger partial charge in [-0.05, 0) is 50.2 Å². The first-order valence-electron chi connectivity index (χ1n) is 9.78. The number of benzene rings is 1. The van der Waals surface area contributed by atoms with E-state index in [9.17, 15) is 13.2 Å². The van der Waals surface area contributed by atoms with Gasteiger partial charge in [0.05, 0.1) is 10.6 Å². The highest BCUT2D eigenvalue weighted by atomic mass is 32.2. The first kappa shape index (κ1) is 21.4. The van der Waals surface area contributed by atoms with Crippen molar-refractivity contribution in [3.8, 4) is 0 Å². The number of hydrogen-bond acceptors (Lipinski definition) is 5. The fraction of sp³-hybridized carbons (Fsp3) is 0.429. The molecule has 1 fully saturated rings. The minimum Gasteiger partial charge on any atom is -0.336 e. The van der Waals surface area contributed by atoms with Gasteiger partial charge in [0.2, 0.25) is 10.0 Å². The standard InChI is InChI=1S/C21H28N4O3S/c1-17(2)23(3)29(27,28)20-9-7-18(8-10-20)21(26)25-14-12-24(13-15-25)16-19-6-4-5-11-22-19/h4-11,17H,12-16H2,1-3H3. The van der Waals surface area contributed by atoms with Crippen LogP contribution in [-0.4, -0.2) is 72.7 Å². The largest absolute Gasteiger partial charge is 0.336 e. The van der Waals surface area contributed by atoms with E-state index >= 15 is 0 Å². The Bertz CT molecular complexity index is 922. The molecule has 0 radical (unpaired) electrons. The van der Waals surface area contributed by atoms with Crippen molar-refractivity contribution in [2.75, 3.05) is 33.2 Å². The Morgan fingerprint density at radius 2 is 1.72 bits per heavy atom. The molecule has 8 heteroatoms. The van der Waals surface area contributed by atoms with Crippen molar-refractivity contribution in [3.05, 3.63) is 59.9 Å². The van der Waals surface area contributed by atoms with E-state index in [-0.39, 0.29) is 16.8 Å². The summed E-state index contributed by atoms with van der Waals surface area (Å²) in [5.74, 6) is -0.0661. The van der Waals surface area contributed by atoms with E-state index in [1.165, 1.54) is 16.4 Å². The van der Waals surface area contributed by atoms with Crippen molar-refractivity contribution in [2.24, 2.45) is 0 Å². The fourth-order valence-electron chi connectivity index (χ4n) is 3.23. The molecule has 1 saturated heterocycles. The second-order valence-electron chi connectivity index (χ2n) is 7.53. The molecule has 0 spiro atoms. The smallest absolute Gasteiger partial charge is 0.253 e. The molecule has 2 heterocycles. The van der Waals surface area contributed by atoms with Crippen LogP contribution in [-0.2, 0) is 16.6 Å². The van der Waals surface area contributed by atoms with Crippen molar-refractivity contribution >= 4 is 15.9 Å². The maximum atomic E-state index is 12.8. The van der Waals surface area contributed by atoms with Crippen LogP contribution in [0.1, 0.15) is 29.9 Å². The Morgan fingerprint density at radius 1 is 1.07 bits per heavy atom. The number of amides is 1. The molecule has 1 aliphatic rings. The highest BCUT2D eigenvalue weighted by Crippen LogP contribution is 2.18. The van der Waals surface area contributed by atoms with Crippen LogP contribution >= 0.6 is 0 Å². The van der Waals surface area contributed by atoms with Gasteiger partial charge in [0.25, 0.3) is 5.91 Å². The monoisotopic (exact) mass is 416 g/mol. The molecule has 156 valence electrons. The Hall–Kier alpha value is -2.29. The summed E-state index contributed by atoms with van der Waals surface area (Å²) < 4.78 is 26.4. The highest BCUT2D eigenvalue weighted by Gasteiger charge is 2.25. The molecular formula is C21H28N4O3S. The molecule has 0 atom stereocenters. The molecule has 1 aromatic carbocycles. The summed E-state index contributed by atoms with van der Waals surface area (Å²) in [7, 11) is -1.99. The van der Waals surface area contributed by atoms with Gasteiger partial charge in [0.1, 0.15) is 0 Å². The first-order valence-corrected chi connectivity index (χ1v) is 11.2. The summed E-state index contributed by atoms with van der Waals surface area (Å²) >= 11 is 0. The molecular weight excluding hydrogens is 388 g/mol. The predicted octanol–water partition coefficient (Wildman–Crippen LogP) is 2.07. The number of carbonyl (C=O) groups is 1. The molecule has 0 unspecified atom stereocenters. The van der Waals surface area contributed by atoms with Crippen LogP contribution in [0.3, 0.4) is 0 Å². The van der Waals surface area contributed by atoms with Gasteiger partial charge < -0.3 is 4.90 Å². The average molecular weight is 417 g/mol. The Labute approximate surface area is 173 Å². The van der Waals surface area contributed by atoms with Crippen LogP contribution in [0.15, 0.2) is 53.6 Å². The van der Waals surface area contributed by atoms with E-state index in [1.54, 1.807) is 25.4 Å². The van der Waals surface area contributed by atoms with E-state index in [2.05, 4.69) is 9.88 Å². The summed E-state index contributed by atoms with van der Waals surface area (Å²) in [6, 6.07) is 12.0. The van der Waals surface area contributed by atoms with Gasteiger partial charge in [-0.2, -0.15) is 4.31 Å². The Morgan fingerprint density at radius 3 is 2.28 bits per heavy atom. The van der Waals surface area contributed by atoms with Crippen molar-refractivity contribution in [1.29, 1.82) is 0 Å². The third-order valence-corrected chi connectivity index (χ3v) is 7.32. The quantitative estimate of drug-likeness (QED) is 0.721. The molecule has 0 bridgehead atoms. The first-order chi connectivity index (χ1) is 13.8. The molecule has 3 rings (SSSR count). The van der Waals surface area contributed by atoms with Crippen LogP contribution in [0.25, 0.3) is 0 Å². The zero-order chi connectivity index (χ0) is 21.0. The van der Waals surface area contributed by atoms with Crippen molar-refractivity contribution < 1.29 is 13.2 Å². The lowest BCUT2D eigenvalue weighted by Gasteiger charge is -2.34. The van der Waals surface area contributed by atoms with E-state index < -0.39 is 10.0 Å². The van der Waals surface area contributed by atoms with E-state index in [0.29, 0.717) is 18.7 Å². The average Bonchev–Trinajstić information content (AvgIpc) is 2.74. The van der Waals surface area contributed by atoms with Gasteiger partial charge in [0, 0.05) is 57.6 Å². The van der Waals surface area contributed by atoms with E-state index in [1.807, 2.05) is 36.9 Å². The van der Waals surface area contributed by atoms with Gasteiger partial charge >= 0.3 is 0 Å². The summed E-state index contributed by atoms with van der Waals surface area (Å²) in [6.07, 6.45) is 1.79. The summed E-state index contributed by atoms with van der Waals surface area (Å²) in [5, 5.41) is 0. The number of piperazine rings is 1. The number of nitrogens with zero attached hydrogens (tertiary/aromatic N) is 4. The molecule has 29 heavy (non-hydrogen) atoms. The van der Waals surface area contributed by atoms with Crippen LogP contribution in [0.5, 0.6) is 0 Å². The molecule has 1 aromatic heterocycles. The lowest BCUT2D eigenvalue weighted by Crippen LogP contribution is -2.48. The molecule has 1 amide bonds. The second kappa shape index (κ2) is 9.02. The Kier molecular flexibility index (Phi) is 6.66. The number of rotatable bonds is 6.